The summed E-state index contributed by atoms with van der Waals surface area (Å²) < 4.78 is 38.5. The second-order valence-electron chi connectivity index (χ2n) is 9.11. The largest absolute Gasteiger partial charge is 0.416 e. The Kier molecular flexibility index (Phi) is 5.98. The first-order chi connectivity index (χ1) is 15.9. The zero-order chi connectivity index (χ0) is 23.1. The maximum atomic E-state index is 12.8. The molecule has 1 saturated carbocycles. The Balaban J connectivity index is 1.04. The highest BCUT2D eigenvalue weighted by atomic mass is 32.2. The van der Waals surface area contributed by atoms with E-state index in [0.29, 0.717) is 5.92 Å². The number of hydrogen-bond donors (Lipinski definition) is 1. The van der Waals surface area contributed by atoms with Crippen LogP contribution in [0.5, 0.6) is 0 Å². The molecule has 6 nitrogen and oxygen atoms in total. The van der Waals surface area contributed by atoms with Gasteiger partial charge in [0.25, 0.3) is 0 Å². The molecule has 5 rings (SSSR count). The van der Waals surface area contributed by atoms with Gasteiger partial charge in [-0.05, 0) is 73.2 Å². The van der Waals surface area contributed by atoms with Crippen LogP contribution in [0.3, 0.4) is 0 Å². The van der Waals surface area contributed by atoms with E-state index >= 15 is 0 Å². The maximum Gasteiger partial charge on any atom is 0.416 e. The molecule has 10 heteroatoms. The number of halogens is 3. The molecule has 3 atom stereocenters. The molecular weight excluding hydrogens is 449 g/mol. The van der Waals surface area contributed by atoms with E-state index in [1.165, 1.54) is 18.5 Å². The lowest BCUT2D eigenvalue weighted by atomic mass is 9.97. The summed E-state index contributed by atoms with van der Waals surface area (Å²) in [4.78, 5) is 12.8. The standard InChI is InChI=1S/C23H27F3N6S/c1-31-20(19-7-9-27-15-28-19)29-30-21(31)33-12-2-10-32-11-8-22(14-32)13-18(22)16-3-5-17(6-4-16)23(24,25)26/h3-7,9,15,18,21,30H,2,8,10-14H2,1H3/t18?,21?,22-/m1/s1. The molecule has 3 aliphatic rings. The van der Waals surface area contributed by atoms with Crippen molar-refractivity contribution in [2.75, 3.05) is 32.4 Å². The van der Waals surface area contributed by atoms with E-state index in [0.717, 1.165) is 61.7 Å². The number of amidine groups is 1. The topological polar surface area (TPSA) is 56.7 Å². The van der Waals surface area contributed by atoms with Gasteiger partial charge in [-0.15, -0.1) is 11.8 Å². The number of thioether (sulfide) groups is 1. The minimum atomic E-state index is -4.27. The molecule has 0 radical (unpaired) electrons. The molecule has 1 spiro atoms. The van der Waals surface area contributed by atoms with Crippen molar-refractivity contribution in [1.82, 2.24) is 25.2 Å². The summed E-state index contributed by atoms with van der Waals surface area (Å²) in [6.45, 7) is 3.17. The second kappa shape index (κ2) is 8.79. The Labute approximate surface area is 195 Å². The van der Waals surface area contributed by atoms with E-state index in [4.69, 9.17) is 0 Å². The molecule has 0 bridgehead atoms. The number of aromatic nitrogens is 2. The van der Waals surface area contributed by atoms with Crippen LogP contribution < -0.4 is 5.43 Å². The molecular formula is C23H27F3N6S. The van der Waals surface area contributed by atoms with Gasteiger partial charge in [-0.3, -0.25) is 5.43 Å². The Hall–Kier alpha value is -2.33. The van der Waals surface area contributed by atoms with Gasteiger partial charge in [0.2, 0.25) is 0 Å². The molecule has 2 fully saturated rings. The Morgan fingerprint density at radius 1 is 1.21 bits per heavy atom. The van der Waals surface area contributed by atoms with Crippen molar-refractivity contribution >= 4 is 17.6 Å². The van der Waals surface area contributed by atoms with Crippen LogP contribution in [0.2, 0.25) is 0 Å². The summed E-state index contributed by atoms with van der Waals surface area (Å²) >= 11 is 1.83. The minimum Gasteiger partial charge on any atom is -0.326 e. The number of hydrogen-bond acceptors (Lipinski definition) is 7. The number of rotatable bonds is 7. The molecule has 176 valence electrons. The van der Waals surface area contributed by atoms with Gasteiger partial charge in [0.05, 0.1) is 5.56 Å². The van der Waals surface area contributed by atoms with Gasteiger partial charge in [-0.25, -0.2) is 9.97 Å². The average molecular weight is 477 g/mol. The van der Waals surface area contributed by atoms with Crippen molar-refractivity contribution in [2.24, 2.45) is 10.5 Å². The highest BCUT2D eigenvalue weighted by Gasteiger charge is 2.57. The molecule has 1 N–H and O–H groups in total. The Bertz CT molecular complexity index is 1000. The fourth-order valence-electron chi connectivity index (χ4n) is 5.04. The fourth-order valence-corrected chi connectivity index (χ4v) is 6.01. The lowest BCUT2D eigenvalue weighted by Crippen LogP contribution is -2.35. The average Bonchev–Trinajstić information content (AvgIpc) is 3.15. The lowest BCUT2D eigenvalue weighted by molar-refractivity contribution is -0.137. The number of benzene rings is 1. The summed E-state index contributed by atoms with van der Waals surface area (Å²) in [5.41, 5.74) is 4.82. The van der Waals surface area contributed by atoms with Crippen LogP contribution >= 0.6 is 11.8 Å². The fraction of sp³-hybridized carbons (Fsp3) is 0.522. The molecule has 2 aliphatic heterocycles. The van der Waals surface area contributed by atoms with E-state index in [2.05, 4.69) is 30.3 Å². The van der Waals surface area contributed by atoms with Crippen molar-refractivity contribution in [3.8, 4) is 0 Å². The van der Waals surface area contributed by atoms with Gasteiger partial charge >= 0.3 is 6.18 Å². The van der Waals surface area contributed by atoms with Gasteiger partial charge in [0.1, 0.15) is 12.0 Å². The molecule has 2 aromatic rings. The summed E-state index contributed by atoms with van der Waals surface area (Å²) in [7, 11) is 2.01. The molecule has 2 unspecified atom stereocenters. The summed E-state index contributed by atoms with van der Waals surface area (Å²) in [5, 5.41) is 4.42. The number of likely N-dealkylation sites (tertiary alicyclic amines) is 1. The Morgan fingerprint density at radius 2 is 2.03 bits per heavy atom. The predicted octanol–water partition coefficient (Wildman–Crippen LogP) is 3.98. The zero-order valence-electron chi connectivity index (χ0n) is 18.4. The maximum absolute atomic E-state index is 12.8. The first-order valence-electron chi connectivity index (χ1n) is 11.2. The van der Waals surface area contributed by atoms with Gasteiger partial charge in [0.15, 0.2) is 11.3 Å². The third-order valence-corrected chi connectivity index (χ3v) is 8.23. The van der Waals surface area contributed by atoms with Gasteiger partial charge in [-0.1, -0.05) is 12.1 Å². The minimum absolute atomic E-state index is 0.0902. The quantitative estimate of drug-likeness (QED) is 0.611. The van der Waals surface area contributed by atoms with Crippen LogP contribution in [-0.2, 0) is 6.18 Å². The van der Waals surface area contributed by atoms with Crippen LogP contribution in [0.25, 0.3) is 0 Å². The highest BCUT2D eigenvalue weighted by molar-refractivity contribution is 7.99. The second-order valence-corrected chi connectivity index (χ2v) is 10.3. The lowest BCUT2D eigenvalue weighted by Gasteiger charge is -2.22. The van der Waals surface area contributed by atoms with Crippen molar-refractivity contribution in [1.29, 1.82) is 0 Å². The molecule has 33 heavy (non-hydrogen) atoms. The molecule has 0 amide bonds. The van der Waals surface area contributed by atoms with Crippen LogP contribution in [0.4, 0.5) is 13.2 Å². The van der Waals surface area contributed by atoms with E-state index < -0.39 is 11.7 Å². The van der Waals surface area contributed by atoms with Crippen molar-refractivity contribution in [3.05, 3.63) is 59.7 Å². The van der Waals surface area contributed by atoms with Gasteiger partial charge in [0, 0.05) is 19.8 Å². The zero-order valence-corrected chi connectivity index (χ0v) is 19.2. The summed E-state index contributed by atoms with van der Waals surface area (Å²) in [6.07, 6.45) is 2.27. The van der Waals surface area contributed by atoms with Crippen molar-refractivity contribution in [3.63, 3.8) is 0 Å². The molecule has 1 saturated heterocycles. The molecule has 1 aromatic carbocycles. The van der Waals surface area contributed by atoms with E-state index in [1.807, 2.05) is 24.9 Å². The smallest absolute Gasteiger partial charge is 0.326 e. The predicted molar refractivity (Wildman–Crippen MR) is 123 cm³/mol. The van der Waals surface area contributed by atoms with Crippen LogP contribution in [0, 0.1) is 5.41 Å². The molecule has 1 aromatic heterocycles. The summed E-state index contributed by atoms with van der Waals surface area (Å²) in [6, 6.07) is 7.64. The number of alkyl halides is 3. The van der Waals surface area contributed by atoms with Crippen molar-refractivity contribution < 1.29 is 13.2 Å². The molecule has 1 aliphatic carbocycles. The number of nitrogens with one attached hydrogen (secondary N) is 1. The van der Waals surface area contributed by atoms with Crippen LogP contribution in [0.15, 0.2) is 48.0 Å². The van der Waals surface area contributed by atoms with E-state index in [1.54, 1.807) is 18.3 Å². The molecule has 3 heterocycles. The SMILES string of the molecule is CN1C(c2ccncn2)=NNC1SCCCN1CC[C@@]2(CC2c2ccc(C(F)(F)F)cc2)C1. The van der Waals surface area contributed by atoms with Crippen LogP contribution in [0.1, 0.15) is 42.0 Å². The number of hydrazone groups is 1. The summed E-state index contributed by atoms with van der Waals surface area (Å²) in [5.74, 6) is 2.23. The third kappa shape index (κ3) is 4.68. The van der Waals surface area contributed by atoms with Gasteiger partial charge in [-0.2, -0.15) is 18.3 Å². The Morgan fingerprint density at radius 3 is 2.76 bits per heavy atom. The van der Waals surface area contributed by atoms with Gasteiger partial charge < -0.3 is 9.80 Å². The monoisotopic (exact) mass is 476 g/mol. The highest BCUT2D eigenvalue weighted by Crippen LogP contribution is 2.64. The number of nitrogens with zero attached hydrogens (tertiary/aromatic N) is 5. The third-order valence-electron chi connectivity index (χ3n) is 6.97. The first kappa shape index (κ1) is 22.5. The first-order valence-corrected chi connectivity index (χ1v) is 12.2. The van der Waals surface area contributed by atoms with Crippen LogP contribution in [-0.4, -0.2) is 63.5 Å². The van der Waals surface area contributed by atoms with Crippen molar-refractivity contribution in [2.45, 2.75) is 36.9 Å². The van der Waals surface area contributed by atoms with E-state index in [9.17, 15) is 13.2 Å². The van der Waals surface area contributed by atoms with E-state index in [-0.39, 0.29) is 10.9 Å². The normalized spacial score (nSPS) is 27.2.